The summed E-state index contributed by atoms with van der Waals surface area (Å²) in [5.74, 6) is -1.17. The number of hydrogen-bond acceptors (Lipinski definition) is 6. The summed E-state index contributed by atoms with van der Waals surface area (Å²) in [6, 6.07) is 6.48. The van der Waals surface area contributed by atoms with Crippen LogP contribution in [0.5, 0.6) is 11.5 Å². The van der Waals surface area contributed by atoms with E-state index in [9.17, 15) is 19.8 Å². The van der Waals surface area contributed by atoms with Gasteiger partial charge in [0.1, 0.15) is 11.5 Å². The first kappa shape index (κ1) is 23.1. The van der Waals surface area contributed by atoms with Crippen LogP contribution < -0.4 is 0 Å². The Morgan fingerprint density at radius 3 is 1.97 bits per heavy atom. The molecule has 2 rings (SSSR count). The van der Waals surface area contributed by atoms with Gasteiger partial charge in [-0.25, -0.2) is 0 Å². The quantitative estimate of drug-likeness (QED) is 0.290. The number of unbranched alkanes of at least 4 members (excludes halogenated alkanes) is 2. The van der Waals surface area contributed by atoms with Crippen LogP contribution in [0.25, 0.3) is 0 Å². The van der Waals surface area contributed by atoms with E-state index in [1.54, 1.807) is 18.2 Å². The molecule has 6 heteroatoms. The predicted molar refractivity (Wildman–Crippen MR) is 127 cm³/mol. The largest absolute Gasteiger partial charge is 0.508 e. The Morgan fingerprint density at radius 1 is 0.788 bits per heavy atom. The Balaban J connectivity index is 1.80. The maximum Gasteiger partial charge on any atom is 0.308 e. The van der Waals surface area contributed by atoms with Gasteiger partial charge in [0.2, 0.25) is 6.79 Å². The lowest BCUT2D eigenvalue weighted by Gasteiger charge is -2.11. The van der Waals surface area contributed by atoms with E-state index in [2.05, 4.69) is 6.92 Å². The molecule has 0 amide bonds. The van der Waals surface area contributed by atoms with Crippen LogP contribution in [-0.4, -0.2) is 28.9 Å². The predicted octanol–water partition coefficient (Wildman–Crippen LogP) is 5.39. The molecule has 6 nitrogen and oxygen atoms in total. The van der Waals surface area contributed by atoms with Gasteiger partial charge in [-0.2, -0.15) is 0 Å². The van der Waals surface area contributed by atoms with E-state index in [0.717, 1.165) is 54.4 Å². The number of esters is 2. The number of phenolic OH excluding ortho intramolecular Hbond substituents is 2. The minimum Gasteiger partial charge on any atom is -0.508 e. The fourth-order valence-electron chi connectivity index (χ4n) is 3.53. The zero-order valence-electron chi connectivity index (χ0n) is 21.6. The van der Waals surface area contributed by atoms with Crippen molar-refractivity contribution in [3.8, 4) is 11.5 Å². The van der Waals surface area contributed by atoms with Gasteiger partial charge in [0.15, 0.2) is 0 Å². The van der Waals surface area contributed by atoms with Crippen LogP contribution in [0, 0.1) is 0 Å². The number of benzene rings is 2. The zero-order chi connectivity index (χ0) is 25.8. The van der Waals surface area contributed by atoms with Crippen LogP contribution in [0.1, 0.15) is 77.4 Å². The monoisotopic (exact) mass is 460 g/mol. The lowest BCUT2D eigenvalue weighted by Crippen LogP contribution is -2.14. The second-order valence-corrected chi connectivity index (χ2v) is 8.07. The molecule has 0 radical (unpaired) electrons. The maximum absolute atomic E-state index is 12.1. The molecular formula is C27H36O6. The third kappa shape index (κ3) is 9.56. The van der Waals surface area contributed by atoms with Crippen LogP contribution in [-0.2, 0) is 44.7 Å². The molecule has 2 N–H and O–H groups in total. The molecule has 0 spiro atoms. The molecule has 0 fully saturated rings. The molecule has 2 aromatic rings. The average Bonchev–Trinajstić information content (AvgIpc) is 2.83. The minimum atomic E-state index is -0.516. The van der Waals surface area contributed by atoms with Gasteiger partial charge < -0.3 is 19.7 Å². The molecule has 0 bridgehead atoms. The number of ether oxygens (including phenoxy) is 2. The van der Waals surface area contributed by atoms with Gasteiger partial charge in [0.25, 0.3) is 0 Å². The highest BCUT2D eigenvalue weighted by molar-refractivity contribution is 5.71. The summed E-state index contributed by atoms with van der Waals surface area (Å²) in [7, 11) is 0. The van der Waals surface area contributed by atoms with E-state index < -0.39 is 18.7 Å². The van der Waals surface area contributed by atoms with Gasteiger partial charge in [-0.3, -0.25) is 9.59 Å². The molecule has 0 atom stereocenters. The summed E-state index contributed by atoms with van der Waals surface area (Å²) in [5, 5.41) is 19.6. The van der Waals surface area contributed by atoms with Gasteiger partial charge in [0.05, 0.1) is 2.74 Å². The third-order valence-electron chi connectivity index (χ3n) is 5.44. The van der Waals surface area contributed by atoms with Crippen LogP contribution in [0.15, 0.2) is 36.4 Å². The molecule has 0 saturated carbocycles. The van der Waals surface area contributed by atoms with Crippen molar-refractivity contribution in [2.45, 2.75) is 78.1 Å². The van der Waals surface area contributed by atoms with E-state index in [1.165, 1.54) is 6.07 Å². The maximum atomic E-state index is 12.1. The first-order valence-corrected chi connectivity index (χ1v) is 11.7. The fraction of sp³-hybridized carbons (Fsp3) is 0.481. The van der Waals surface area contributed by atoms with E-state index >= 15 is 0 Å². The van der Waals surface area contributed by atoms with E-state index in [4.69, 9.17) is 12.2 Å². The summed E-state index contributed by atoms with van der Waals surface area (Å²) in [6.45, 7) is 3.65. The van der Waals surface area contributed by atoms with Gasteiger partial charge in [-0.15, -0.1) is 0 Å². The van der Waals surface area contributed by atoms with Crippen LogP contribution >= 0.6 is 0 Å². The third-order valence-corrected chi connectivity index (χ3v) is 5.44. The summed E-state index contributed by atoms with van der Waals surface area (Å²) in [5.41, 5.74) is 3.32. The Bertz CT molecular complexity index is 988. The van der Waals surface area contributed by atoms with Crippen molar-refractivity contribution < 1.29 is 32.0 Å². The number of aromatic hydroxyl groups is 2. The number of aryl methyl sites for hydroxylation is 3. The number of carbonyl (C=O) groups excluding carboxylic acids is 2. The van der Waals surface area contributed by atoms with Crippen molar-refractivity contribution in [3.05, 3.63) is 58.6 Å². The van der Waals surface area contributed by atoms with Gasteiger partial charge in [-0.1, -0.05) is 38.8 Å². The van der Waals surface area contributed by atoms with Gasteiger partial charge in [0, 0.05) is 12.8 Å². The van der Waals surface area contributed by atoms with Crippen molar-refractivity contribution in [1.82, 2.24) is 0 Å². The Kier molecular flexibility index (Phi) is 9.96. The first-order valence-electron chi connectivity index (χ1n) is 12.7. The molecule has 0 aliphatic heterocycles. The Labute approximate surface area is 199 Å². The molecule has 0 heterocycles. The highest BCUT2D eigenvalue weighted by atomic mass is 16.7. The Morgan fingerprint density at radius 2 is 1.36 bits per heavy atom. The SMILES string of the molecule is [3H]c1cc(CCC(=O)OCOC(=O)CCc2ccc(O)c([3H])c2CCCC)c(CCCC)cc1O. The summed E-state index contributed by atoms with van der Waals surface area (Å²) >= 11 is 0. The normalized spacial score (nSPS) is 11.6. The Hall–Kier alpha value is -3.02. The van der Waals surface area contributed by atoms with Crippen LogP contribution in [0.4, 0.5) is 0 Å². The second-order valence-electron chi connectivity index (χ2n) is 8.07. The molecule has 180 valence electrons. The smallest absolute Gasteiger partial charge is 0.308 e. The van der Waals surface area contributed by atoms with Crippen molar-refractivity contribution in [3.63, 3.8) is 0 Å². The summed E-state index contributed by atoms with van der Waals surface area (Å²) < 4.78 is 25.9. The first-order chi connectivity index (χ1) is 16.8. The second kappa shape index (κ2) is 14.2. The zero-order valence-corrected chi connectivity index (χ0v) is 19.6. The lowest BCUT2D eigenvalue weighted by molar-refractivity contribution is -0.167. The molecule has 0 aliphatic carbocycles. The molecule has 2 aromatic carbocycles. The van der Waals surface area contributed by atoms with Gasteiger partial charge in [-0.05, 0) is 85.0 Å². The topological polar surface area (TPSA) is 93.1 Å². The van der Waals surface area contributed by atoms with Gasteiger partial charge >= 0.3 is 11.9 Å². The van der Waals surface area contributed by atoms with E-state index in [-0.39, 0.29) is 36.4 Å². The molecular weight excluding hydrogens is 420 g/mol. The van der Waals surface area contributed by atoms with E-state index in [0.29, 0.717) is 19.3 Å². The van der Waals surface area contributed by atoms with Crippen LogP contribution in [0.3, 0.4) is 0 Å². The molecule has 0 aromatic heterocycles. The summed E-state index contributed by atoms with van der Waals surface area (Å²) in [6.07, 6.45) is 6.08. The molecule has 33 heavy (non-hydrogen) atoms. The van der Waals surface area contributed by atoms with Crippen molar-refractivity contribution in [1.29, 1.82) is 0 Å². The van der Waals surface area contributed by atoms with Crippen molar-refractivity contribution in [2.75, 3.05) is 6.79 Å². The highest BCUT2D eigenvalue weighted by Gasteiger charge is 2.11. The average molecular weight is 461 g/mol. The highest BCUT2D eigenvalue weighted by Crippen LogP contribution is 2.21. The number of rotatable bonds is 14. The molecule has 0 aliphatic rings. The lowest BCUT2D eigenvalue weighted by atomic mass is 9.98. The van der Waals surface area contributed by atoms with Crippen molar-refractivity contribution in [2.24, 2.45) is 0 Å². The standard InChI is InChI=1S/C27H36O6/c1-3-5-7-22-17-24(28)13-9-20(22)11-15-26(30)32-19-33-27(31)16-12-21-10-14-25(29)18-23(21)8-6-4-2/h9-10,13-14,17-18,28-29H,3-8,11-12,15-16,19H2,1-2H3/i13T,18T. The van der Waals surface area contributed by atoms with Crippen LogP contribution in [0.2, 0.25) is 0 Å². The number of carbonyl (C=O) groups is 2. The molecule has 0 saturated heterocycles. The van der Waals surface area contributed by atoms with E-state index in [1.807, 2.05) is 6.92 Å². The number of phenols is 2. The fourth-order valence-corrected chi connectivity index (χ4v) is 3.53. The molecule has 0 unspecified atom stereocenters. The number of hydrogen-bond donors (Lipinski definition) is 2. The van der Waals surface area contributed by atoms with Crippen molar-refractivity contribution >= 4 is 11.9 Å². The minimum absolute atomic E-state index is 0.0200. The summed E-state index contributed by atoms with van der Waals surface area (Å²) in [4.78, 5) is 24.2.